The summed E-state index contributed by atoms with van der Waals surface area (Å²) in [5, 5.41) is 0. The van der Waals surface area contributed by atoms with Crippen molar-refractivity contribution >= 4 is 28.4 Å². The quantitative estimate of drug-likeness (QED) is 0.151. The Kier molecular flexibility index (Phi) is 8.60. The molecule has 5 heteroatoms. The van der Waals surface area contributed by atoms with Crippen molar-refractivity contribution in [1.82, 2.24) is 14.5 Å². The van der Waals surface area contributed by atoms with Gasteiger partial charge in [-0.1, -0.05) is 108 Å². The third-order valence-corrected chi connectivity index (χ3v) is 8.07. The summed E-state index contributed by atoms with van der Waals surface area (Å²) in [6.07, 6.45) is 1.81. The van der Waals surface area contributed by atoms with Crippen LogP contribution in [0.4, 0.5) is 17.3 Å². The van der Waals surface area contributed by atoms with Gasteiger partial charge in [0, 0.05) is 23.1 Å². The molecule has 0 spiro atoms. The molecule has 0 radical (unpaired) electrons. The summed E-state index contributed by atoms with van der Waals surface area (Å²) in [6.45, 7) is 0. The molecule has 0 N–H and O–H groups in total. The van der Waals surface area contributed by atoms with Gasteiger partial charge in [0.1, 0.15) is 0 Å². The Morgan fingerprint density at radius 1 is 0.574 bits per heavy atom. The molecule has 8 aromatic rings. The fourth-order valence-corrected chi connectivity index (χ4v) is 5.98. The van der Waals surface area contributed by atoms with Gasteiger partial charge >= 0.3 is 21.1 Å². The van der Waals surface area contributed by atoms with Crippen molar-refractivity contribution in [3.63, 3.8) is 0 Å². The molecule has 226 valence electrons. The minimum atomic E-state index is 0. The van der Waals surface area contributed by atoms with Gasteiger partial charge in [0.05, 0.1) is 16.7 Å². The van der Waals surface area contributed by atoms with Crippen molar-refractivity contribution in [2.45, 2.75) is 0 Å². The van der Waals surface area contributed by atoms with Crippen molar-refractivity contribution in [3.05, 3.63) is 182 Å². The first kappa shape index (κ1) is 30.1. The van der Waals surface area contributed by atoms with Crippen LogP contribution >= 0.6 is 0 Å². The molecule has 8 rings (SSSR count). The molecule has 2 heterocycles. The first-order chi connectivity index (χ1) is 22.8. The van der Waals surface area contributed by atoms with Gasteiger partial charge < -0.3 is 4.90 Å². The monoisotopic (exact) mass is 783 g/mol. The third kappa shape index (κ3) is 5.80. The zero-order valence-electron chi connectivity index (χ0n) is 25.3. The number of benzene rings is 6. The maximum absolute atomic E-state index is 5.49. The van der Waals surface area contributed by atoms with Crippen LogP contribution in [0, 0.1) is 12.1 Å². The SMILES string of the molecule is [Pt+2].[c-]1c(-c2ccccn2)cccc1-c1cccc2c1nc(N(c1[c-]cccc1)c1ccccc1)n2-c1ccccc1-c1ccccc1. The van der Waals surface area contributed by atoms with Crippen LogP contribution < -0.4 is 4.90 Å². The van der Waals surface area contributed by atoms with Gasteiger partial charge in [0.25, 0.3) is 0 Å². The van der Waals surface area contributed by atoms with Crippen LogP contribution in [0.15, 0.2) is 170 Å². The predicted molar refractivity (Wildman–Crippen MR) is 188 cm³/mol. The number of rotatable bonds is 7. The number of anilines is 3. The van der Waals surface area contributed by atoms with Gasteiger partial charge in [-0.2, -0.15) is 24.3 Å². The van der Waals surface area contributed by atoms with E-state index < -0.39 is 0 Å². The Hall–Kier alpha value is -5.57. The van der Waals surface area contributed by atoms with E-state index >= 15 is 0 Å². The average molecular weight is 784 g/mol. The number of hydrogen-bond acceptors (Lipinski definition) is 3. The van der Waals surface area contributed by atoms with Gasteiger partial charge in [-0.3, -0.25) is 9.55 Å². The van der Waals surface area contributed by atoms with E-state index in [-0.39, 0.29) is 21.1 Å². The van der Waals surface area contributed by atoms with Gasteiger partial charge in [-0.15, -0.1) is 35.9 Å². The molecule has 0 atom stereocenters. The molecular formula is C42H28N4Pt. The second kappa shape index (κ2) is 13.4. The van der Waals surface area contributed by atoms with E-state index in [1.54, 1.807) is 0 Å². The van der Waals surface area contributed by atoms with Crippen LogP contribution in [-0.2, 0) is 21.1 Å². The van der Waals surface area contributed by atoms with Crippen molar-refractivity contribution in [2.75, 3.05) is 4.90 Å². The fourth-order valence-electron chi connectivity index (χ4n) is 5.98. The first-order valence-electron chi connectivity index (χ1n) is 15.3. The summed E-state index contributed by atoms with van der Waals surface area (Å²) in [6, 6.07) is 63.1. The van der Waals surface area contributed by atoms with Gasteiger partial charge in [0.2, 0.25) is 5.95 Å². The van der Waals surface area contributed by atoms with Crippen LogP contribution in [0.3, 0.4) is 0 Å². The van der Waals surface area contributed by atoms with E-state index in [1.807, 2.05) is 54.7 Å². The van der Waals surface area contributed by atoms with E-state index in [0.29, 0.717) is 0 Å². The topological polar surface area (TPSA) is 34.0 Å². The molecule has 6 aromatic carbocycles. The second-order valence-corrected chi connectivity index (χ2v) is 10.9. The van der Waals surface area contributed by atoms with Gasteiger partial charge in [-0.05, 0) is 35.9 Å². The molecule has 0 bridgehead atoms. The maximum Gasteiger partial charge on any atom is 2.00 e. The fraction of sp³-hybridized carbons (Fsp3) is 0. The normalized spacial score (nSPS) is 10.8. The molecule has 0 saturated carbocycles. The molecule has 2 aromatic heterocycles. The largest absolute Gasteiger partial charge is 2.00 e. The molecule has 0 fully saturated rings. The smallest absolute Gasteiger partial charge is 0.305 e. The minimum absolute atomic E-state index is 0. The summed E-state index contributed by atoms with van der Waals surface area (Å²) in [5.74, 6) is 0.764. The zero-order chi connectivity index (χ0) is 30.7. The van der Waals surface area contributed by atoms with Gasteiger partial charge in [-0.25, -0.2) is 4.98 Å². The average Bonchev–Trinajstić information content (AvgIpc) is 3.52. The number of nitrogens with zero attached hydrogens (tertiary/aromatic N) is 4. The predicted octanol–water partition coefficient (Wildman–Crippen LogP) is 10.5. The molecular weight excluding hydrogens is 756 g/mol. The van der Waals surface area contributed by atoms with Crippen LogP contribution in [-0.4, -0.2) is 14.5 Å². The maximum atomic E-state index is 5.49. The summed E-state index contributed by atoms with van der Waals surface area (Å²) in [5.41, 5.74) is 10.8. The number of imidazole rings is 1. The Balaban J connectivity index is 0.00000351. The zero-order valence-corrected chi connectivity index (χ0v) is 27.5. The van der Waals surface area contributed by atoms with E-state index in [4.69, 9.17) is 4.98 Å². The van der Waals surface area contributed by atoms with Crippen LogP contribution in [0.2, 0.25) is 0 Å². The molecule has 0 saturated heterocycles. The number of aromatic nitrogens is 3. The van der Waals surface area contributed by atoms with Crippen molar-refractivity contribution in [1.29, 1.82) is 0 Å². The summed E-state index contributed by atoms with van der Waals surface area (Å²) in [4.78, 5) is 12.2. The van der Waals surface area contributed by atoms with Crippen molar-refractivity contribution in [3.8, 4) is 39.2 Å². The van der Waals surface area contributed by atoms with Crippen LogP contribution in [0.1, 0.15) is 0 Å². The van der Waals surface area contributed by atoms with E-state index in [0.717, 1.165) is 67.6 Å². The number of pyridine rings is 1. The molecule has 0 aliphatic heterocycles. The molecule has 0 aliphatic carbocycles. The minimum Gasteiger partial charge on any atom is -0.305 e. The molecule has 0 amide bonds. The Morgan fingerprint density at radius 3 is 2.06 bits per heavy atom. The standard InChI is InChI=1S/C42H28N4.Pt/c1-4-16-31(17-5-1)36-24-10-11-27-39(36)46-40-28-15-25-37(32-18-14-19-33(30-32)38-26-12-13-29-43-38)41(40)44-42(46)45(34-20-6-2-7-21-34)35-22-8-3-9-23-35;/h1-22,24-29H;/q-2;+2. The molecule has 0 unspecified atom stereocenters. The summed E-state index contributed by atoms with van der Waals surface area (Å²) in [7, 11) is 0. The van der Waals surface area contributed by atoms with E-state index in [1.165, 1.54) is 0 Å². The molecule has 0 aliphatic rings. The summed E-state index contributed by atoms with van der Waals surface area (Å²) >= 11 is 0. The van der Waals surface area contributed by atoms with Crippen molar-refractivity contribution < 1.29 is 21.1 Å². The van der Waals surface area contributed by atoms with Crippen molar-refractivity contribution in [2.24, 2.45) is 0 Å². The first-order valence-corrected chi connectivity index (χ1v) is 15.3. The second-order valence-electron chi connectivity index (χ2n) is 10.9. The summed E-state index contributed by atoms with van der Waals surface area (Å²) < 4.78 is 2.28. The Bertz CT molecular complexity index is 2210. The molecule has 4 nitrogen and oxygen atoms in total. The van der Waals surface area contributed by atoms with Crippen LogP contribution in [0.25, 0.3) is 50.2 Å². The Labute approximate surface area is 288 Å². The third-order valence-electron chi connectivity index (χ3n) is 8.07. The number of para-hydroxylation sites is 4. The molecule has 47 heavy (non-hydrogen) atoms. The van der Waals surface area contributed by atoms with E-state index in [2.05, 4.69) is 142 Å². The van der Waals surface area contributed by atoms with E-state index in [9.17, 15) is 0 Å². The number of fused-ring (bicyclic) bond motifs is 1. The van der Waals surface area contributed by atoms with Gasteiger partial charge in [0.15, 0.2) is 0 Å². The number of hydrogen-bond donors (Lipinski definition) is 0. The Morgan fingerprint density at radius 2 is 1.28 bits per heavy atom. The van der Waals surface area contributed by atoms with Crippen LogP contribution in [0.5, 0.6) is 0 Å².